The highest BCUT2D eigenvalue weighted by molar-refractivity contribution is 6.32. The Morgan fingerprint density at radius 3 is 2.35 bits per heavy atom. The second-order valence-corrected chi connectivity index (χ2v) is 5.74. The number of aromatic amines is 1. The highest BCUT2D eigenvalue weighted by Crippen LogP contribution is 2.32. The van der Waals surface area contributed by atoms with Gasteiger partial charge in [0.25, 0.3) is 5.82 Å². The minimum Gasteiger partial charge on any atom is -0.334 e. The number of alkyl halides is 3. The SMILES string of the molecule is CC(=O)CC(=O)N1CCN(c2[nH+]cc(C(F)(F)F)cc2Cl)CC1. The van der Waals surface area contributed by atoms with Crippen molar-refractivity contribution >= 4 is 29.1 Å². The van der Waals surface area contributed by atoms with Crippen molar-refractivity contribution in [2.45, 2.75) is 19.5 Å². The van der Waals surface area contributed by atoms with Crippen LogP contribution in [-0.4, -0.2) is 42.8 Å². The lowest BCUT2D eigenvalue weighted by Crippen LogP contribution is -2.50. The third-order valence-electron chi connectivity index (χ3n) is 3.55. The second-order valence-electron chi connectivity index (χ2n) is 5.33. The summed E-state index contributed by atoms with van der Waals surface area (Å²) in [6.45, 7) is 2.97. The Kier molecular flexibility index (Phi) is 5.13. The summed E-state index contributed by atoms with van der Waals surface area (Å²) in [6, 6.07) is 0.876. The van der Waals surface area contributed by atoms with Crippen molar-refractivity contribution in [1.29, 1.82) is 0 Å². The zero-order valence-corrected chi connectivity index (χ0v) is 13.2. The van der Waals surface area contributed by atoms with E-state index in [1.165, 1.54) is 6.92 Å². The molecule has 0 atom stereocenters. The number of hydrogen-bond acceptors (Lipinski definition) is 3. The zero-order valence-electron chi connectivity index (χ0n) is 12.4. The summed E-state index contributed by atoms with van der Waals surface area (Å²) < 4.78 is 37.9. The monoisotopic (exact) mass is 350 g/mol. The molecule has 23 heavy (non-hydrogen) atoms. The van der Waals surface area contributed by atoms with Gasteiger partial charge >= 0.3 is 6.18 Å². The zero-order chi connectivity index (χ0) is 17.2. The molecule has 2 rings (SSSR count). The van der Waals surface area contributed by atoms with E-state index in [0.717, 1.165) is 12.3 Å². The fourth-order valence-corrected chi connectivity index (χ4v) is 2.66. The standard InChI is InChI=1S/C14H15ClF3N3O2/c1-9(22)6-12(23)20-2-4-21(5-3-20)13-11(15)7-10(8-19-13)14(16,17)18/h7-8H,2-6H2,1H3/p+1. The number of carbonyl (C=O) groups is 2. The Balaban J connectivity index is 2.03. The lowest BCUT2D eigenvalue weighted by molar-refractivity contribution is -0.367. The fourth-order valence-electron chi connectivity index (χ4n) is 2.37. The number of H-pyrrole nitrogens is 1. The van der Waals surface area contributed by atoms with Crippen molar-refractivity contribution in [2.75, 3.05) is 31.1 Å². The maximum absolute atomic E-state index is 12.6. The fraction of sp³-hybridized carbons (Fsp3) is 0.500. The number of aromatic nitrogens is 1. The van der Waals surface area contributed by atoms with Gasteiger partial charge < -0.3 is 4.90 Å². The molecule has 0 radical (unpaired) electrons. The van der Waals surface area contributed by atoms with E-state index < -0.39 is 11.7 Å². The highest BCUT2D eigenvalue weighted by Gasteiger charge is 2.34. The van der Waals surface area contributed by atoms with Gasteiger partial charge in [0, 0.05) is 0 Å². The van der Waals surface area contributed by atoms with E-state index in [9.17, 15) is 22.8 Å². The number of carbonyl (C=O) groups excluding carboxylic acids is 2. The molecule has 1 aromatic rings. The van der Waals surface area contributed by atoms with Gasteiger partial charge in [0.15, 0.2) is 0 Å². The van der Waals surface area contributed by atoms with E-state index in [4.69, 9.17) is 11.6 Å². The first-order chi connectivity index (χ1) is 10.7. The minimum absolute atomic E-state index is 0.0247. The van der Waals surface area contributed by atoms with Crippen molar-refractivity contribution in [3.05, 3.63) is 22.8 Å². The molecule has 0 spiro atoms. The number of nitrogens with one attached hydrogen (secondary N) is 1. The lowest BCUT2D eigenvalue weighted by Gasteiger charge is -2.31. The number of halogens is 4. The van der Waals surface area contributed by atoms with Gasteiger partial charge in [0.1, 0.15) is 30.1 Å². The van der Waals surface area contributed by atoms with Crippen molar-refractivity contribution in [1.82, 2.24) is 4.90 Å². The van der Waals surface area contributed by atoms with Gasteiger partial charge in [-0.3, -0.25) is 14.5 Å². The largest absolute Gasteiger partial charge is 0.419 e. The molecule has 1 amide bonds. The van der Waals surface area contributed by atoms with Crippen LogP contribution in [0.4, 0.5) is 19.0 Å². The first kappa shape index (κ1) is 17.5. The van der Waals surface area contributed by atoms with Gasteiger partial charge in [-0.05, 0) is 13.0 Å². The predicted molar refractivity (Wildman–Crippen MR) is 77.1 cm³/mol. The number of ketones is 1. The van der Waals surface area contributed by atoms with E-state index >= 15 is 0 Å². The van der Waals surface area contributed by atoms with Gasteiger partial charge in [-0.1, -0.05) is 11.6 Å². The molecule has 5 nitrogen and oxygen atoms in total. The molecular formula is C14H16ClF3N3O2+. The van der Waals surface area contributed by atoms with Crippen LogP contribution in [0.1, 0.15) is 18.9 Å². The molecule has 126 valence electrons. The molecule has 1 aliphatic heterocycles. The van der Waals surface area contributed by atoms with E-state index in [1.54, 1.807) is 9.80 Å². The molecule has 1 fully saturated rings. The lowest BCUT2D eigenvalue weighted by atomic mass is 10.2. The predicted octanol–water partition coefficient (Wildman–Crippen LogP) is 1.80. The van der Waals surface area contributed by atoms with Crippen LogP contribution in [0.5, 0.6) is 0 Å². The summed E-state index contributed by atoms with van der Waals surface area (Å²) in [4.78, 5) is 28.7. The number of piperazine rings is 1. The highest BCUT2D eigenvalue weighted by atomic mass is 35.5. The summed E-state index contributed by atoms with van der Waals surface area (Å²) >= 11 is 5.94. The van der Waals surface area contributed by atoms with Crippen LogP contribution in [0, 0.1) is 0 Å². The van der Waals surface area contributed by atoms with Crippen LogP contribution >= 0.6 is 11.6 Å². The summed E-state index contributed by atoms with van der Waals surface area (Å²) in [5, 5.41) is -0.0247. The Bertz CT molecular complexity index is 614. The van der Waals surface area contributed by atoms with E-state index in [0.29, 0.717) is 32.0 Å². The summed E-state index contributed by atoms with van der Waals surface area (Å²) in [5.74, 6) is -0.0467. The number of amides is 1. The third kappa shape index (κ3) is 4.34. The van der Waals surface area contributed by atoms with Crippen molar-refractivity contribution in [3.8, 4) is 0 Å². The number of anilines is 1. The molecule has 0 aromatic carbocycles. The van der Waals surface area contributed by atoms with Gasteiger partial charge in [0.2, 0.25) is 5.91 Å². The van der Waals surface area contributed by atoms with Crippen LogP contribution < -0.4 is 9.88 Å². The van der Waals surface area contributed by atoms with E-state index in [2.05, 4.69) is 4.98 Å². The van der Waals surface area contributed by atoms with Crippen LogP contribution in [0.15, 0.2) is 12.3 Å². The van der Waals surface area contributed by atoms with E-state index in [1.807, 2.05) is 0 Å². The molecule has 2 heterocycles. The maximum atomic E-state index is 12.6. The van der Waals surface area contributed by atoms with E-state index in [-0.39, 0.29) is 23.1 Å². The van der Waals surface area contributed by atoms with Crippen LogP contribution in [0.25, 0.3) is 0 Å². The topological polar surface area (TPSA) is 54.8 Å². The number of Topliss-reactive ketones (excluding diaryl/α,β-unsaturated/α-hetero) is 1. The number of hydrogen-bond donors (Lipinski definition) is 0. The Morgan fingerprint density at radius 1 is 1.26 bits per heavy atom. The number of nitrogens with zero attached hydrogens (tertiary/aromatic N) is 2. The minimum atomic E-state index is -4.46. The van der Waals surface area contributed by atoms with Crippen LogP contribution in [0.2, 0.25) is 5.02 Å². The average molecular weight is 351 g/mol. The number of pyridine rings is 1. The Labute approximate surface area is 136 Å². The summed E-state index contributed by atoms with van der Waals surface area (Å²) in [6.07, 6.45) is -3.72. The quantitative estimate of drug-likeness (QED) is 0.781. The molecule has 1 saturated heterocycles. The van der Waals surface area contributed by atoms with Crippen LogP contribution in [0.3, 0.4) is 0 Å². The molecule has 1 aromatic heterocycles. The van der Waals surface area contributed by atoms with Crippen molar-refractivity contribution < 1.29 is 27.7 Å². The second kappa shape index (κ2) is 6.74. The molecular weight excluding hydrogens is 335 g/mol. The Hall–Kier alpha value is -1.83. The molecule has 0 saturated carbocycles. The first-order valence-electron chi connectivity index (χ1n) is 6.99. The first-order valence-corrected chi connectivity index (χ1v) is 7.37. The molecule has 1 aliphatic rings. The van der Waals surface area contributed by atoms with Crippen LogP contribution in [-0.2, 0) is 15.8 Å². The average Bonchev–Trinajstić information content (AvgIpc) is 2.45. The van der Waals surface area contributed by atoms with Crippen molar-refractivity contribution in [2.24, 2.45) is 0 Å². The third-order valence-corrected chi connectivity index (χ3v) is 3.84. The smallest absolute Gasteiger partial charge is 0.334 e. The normalized spacial score (nSPS) is 15.7. The maximum Gasteiger partial charge on any atom is 0.419 e. The number of rotatable bonds is 3. The van der Waals surface area contributed by atoms with Crippen molar-refractivity contribution in [3.63, 3.8) is 0 Å². The molecule has 0 aliphatic carbocycles. The van der Waals surface area contributed by atoms with Gasteiger partial charge in [0.05, 0.1) is 25.1 Å². The van der Waals surface area contributed by atoms with Gasteiger partial charge in [-0.2, -0.15) is 13.2 Å². The molecule has 0 bridgehead atoms. The molecule has 0 unspecified atom stereocenters. The van der Waals surface area contributed by atoms with Gasteiger partial charge in [-0.15, -0.1) is 0 Å². The summed E-state index contributed by atoms with van der Waals surface area (Å²) in [5.41, 5.74) is -0.846. The molecule has 9 heteroatoms. The Morgan fingerprint density at radius 2 is 1.87 bits per heavy atom. The molecule has 1 N–H and O–H groups in total. The summed E-state index contributed by atoms with van der Waals surface area (Å²) in [7, 11) is 0. The van der Waals surface area contributed by atoms with Gasteiger partial charge in [-0.25, -0.2) is 4.98 Å².